The standard InChI is InChI=1S/C24H20BrNO3/c25-18-9-10-23(29-15-16-5-2-1-3-6-16)21(14-18)19-7-4-8-20(19)22-13-17(24(27)28)11-12-26-22/h1-3,5-6,9-14H,4,7-8,15H2,(H,27,28). The van der Waals surface area contributed by atoms with Crippen molar-refractivity contribution in [2.75, 3.05) is 0 Å². The number of allylic oxidation sites excluding steroid dienone is 2. The summed E-state index contributed by atoms with van der Waals surface area (Å²) in [5.74, 6) is -0.121. The van der Waals surface area contributed by atoms with Gasteiger partial charge >= 0.3 is 5.97 Å². The summed E-state index contributed by atoms with van der Waals surface area (Å²) in [7, 11) is 0. The van der Waals surface area contributed by atoms with Gasteiger partial charge in [-0.15, -0.1) is 0 Å². The van der Waals surface area contributed by atoms with Gasteiger partial charge in [0.05, 0.1) is 11.3 Å². The molecule has 1 aromatic heterocycles. The molecule has 0 saturated carbocycles. The smallest absolute Gasteiger partial charge is 0.335 e. The minimum absolute atomic E-state index is 0.253. The van der Waals surface area contributed by atoms with Crippen molar-refractivity contribution in [1.82, 2.24) is 4.98 Å². The number of benzene rings is 2. The summed E-state index contributed by atoms with van der Waals surface area (Å²) in [5.41, 5.74) is 5.39. The summed E-state index contributed by atoms with van der Waals surface area (Å²) in [6.45, 7) is 0.491. The Morgan fingerprint density at radius 2 is 1.83 bits per heavy atom. The summed E-state index contributed by atoms with van der Waals surface area (Å²) < 4.78 is 7.14. The third kappa shape index (κ3) is 4.40. The topological polar surface area (TPSA) is 59.4 Å². The average molecular weight is 450 g/mol. The minimum Gasteiger partial charge on any atom is -0.488 e. The third-order valence-corrected chi connectivity index (χ3v) is 5.53. The van der Waals surface area contributed by atoms with Gasteiger partial charge in [-0.25, -0.2) is 4.79 Å². The molecule has 0 atom stereocenters. The number of rotatable bonds is 6. The highest BCUT2D eigenvalue weighted by molar-refractivity contribution is 9.10. The molecule has 1 heterocycles. The second kappa shape index (κ2) is 8.62. The zero-order valence-corrected chi connectivity index (χ0v) is 17.4. The van der Waals surface area contributed by atoms with Crippen LogP contribution >= 0.6 is 15.9 Å². The first kappa shape index (κ1) is 19.4. The van der Waals surface area contributed by atoms with E-state index in [2.05, 4.69) is 27.0 Å². The number of aromatic nitrogens is 1. The highest BCUT2D eigenvalue weighted by Crippen LogP contribution is 2.43. The Bertz CT molecular complexity index is 1080. The van der Waals surface area contributed by atoms with Gasteiger partial charge in [-0.3, -0.25) is 4.98 Å². The van der Waals surface area contributed by atoms with Crippen molar-refractivity contribution >= 4 is 33.0 Å². The molecule has 0 aliphatic heterocycles. The van der Waals surface area contributed by atoms with Crippen LogP contribution < -0.4 is 4.74 Å². The molecule has 0 radical (unpaired) electrons. The second-order valence-electron chi connectivity index (χ2n) is 6.96. The van der Waals surface area contributed by atoms with E-state index >= 15 is 0 Å². The molecular weight excluding hydrogens is 430 g/mol. The van der Waals surface area contributed by atoms with Crippen molar-refractivity contribution in [3.63, 3.8) is 0 Å². The number of carbonyl (C=O) groups is 1. The monoisotopic (exact) mass is 449 g/mol. The lowest BCUT2D eigenvalue weighted by Crippen LogP contribution is -2.00. The highest BCUT2D eigenvalue weighted by Gasteiger charge is 2.22. The van der Waals surface area contributed by atoms with Crippen LogP contribution in [0.1, 0.15) is 46.4 Å². The molecule has 0 fully saturated rings. The number of ether oxygens (including phenoxy) is 1. The molecule has 4 rings (SSSR count). The quantitative estimate of drug-likeness (QED) is 0.485. The largest absolute Gasteiger partial charge is 0.488 e. The summed E-state index contributed by atoms with van der Waals surface area (Å²) in [5, 5.41) is 9.32. The summed E-state index contributed by atoms with van der Waals surface area (Å²) in [6.07, 6.45) is 4.35. The van der Waals surface area contributed by atoms with Crippen LogP contribution in [-0.4, -0.2) is 16.1 Å². The average Bonchev–Trinajstić information content (AvgIpc) is 3.23. The predicted molar refractivity (Wildman–Crippen MR) is 117 cm³/mol. The SMILES string of the molecule is O=C(O)c1ccnc(C2=C(c3cc(Br)ccc3OCc3ccccc3)CCC2)c1. The molecule has 29 heavy (non-hydrogen) atoms. The molecule has 1 aliphatic rings. The maximum atomic E-state index is 11.4. The van der Waals surface area contributed by atoms with Crippen LogP contribution in [0.3, 0.4) is 0 Å². The van der Waals surface area contributed by atoms with Gasteiger partial charge in [0.15, 0.2) is 0 Å². The van der Waals surface area contributed by atoms with Gasteiger partial charge in [-0.1, -0.05) is 46.3 Å². The normalized spacial score (nSPS) is 13.6. The Morgan fingerprint density at radius 1 is 1.03 bits per heavy atom. The van der Waals surface area contributed by atoms with Gasteiger partial charge in [0.2, 0.25) is 0 Å². The number of nitrogens with zero attached hydrogens (tertiary/aromatic N) is 1. The molecule has 4 nitrogen and oxygen atoms in total. The Hall–Kier alpha value is -2.92. The number of carboxylic acid groups (broad SMARTS) is 1. The van der Waals surface area contributed by atoms with Crippen LogP contribution in [0.5, 0.6) is 5.75 Å². The van der Waals surface area contributed by atoms with Crippen molar-refractivity contribution in [1.29, 1.82) is 0 Å². The van der Waals surface area contributed by atoms with Gasteiger partial charge in [-0.05, 0) is 66.3 Å². The molecule has 0 bridgehead atoms. The molecule has 0 saturated heterocycles. The van der Waals surface area contributed by atoms with E-state index in [1.165, 1.54) is 11.6 Å². The van der Waals surface area contributed by atoms with Gasteiger partial charge in [-0.2, -0.15) is 0 Å². The molecule has 0 amide bonds. The van der Waals surface area contributed by atoms with Crippen molar-refractivity contribution in [2.24, 2.45) is 0 Å². The lowest BCUT2D eigenvalue weighted by Gasteiger charge is -2.15. The van der Waals surface area contributed by atoms with Crippen LogP contribution in [-0.2, 0) is 6.61 Å². The van der Waals surface area contributed by atoms with E-state index in [9.17, 15) is 9.90 Å². The number of halogens is 1. The van der Waals surface area contributed by atoms with Crippen molar-refractivity contribution in [3.8, 4) is 5.75 Å². The fraction of sp³-hybridized carbons (Fsp3) is 0.167. The molecule has 1 aliphatic carbocycles. The second-order valence-corrected chi connectivity index (χ2v) is 7.88. The summed E-state index contributed by atoms with van der Waals surface area (Å²) >= 11 is 3.57. The number of hydrogen-bond donors (Lipinski definition) is 1. The van der Waals surface area contributed by atoms with Crippen molar-refractivity contribution < 1.29 is 14.6 Å². The van der Waals surface area contributed by atoms with Crippen molar-refractivity contribution in [2.45, 2.75) is 25.9 Å². The first-order valence-electron chi connectivity index (χ1n) is 9.50. The number of hydrogen-bond acceptors (Lipinski definition) is 3. The Morgan fingerprint density at radius 3 is 2.62 bits per heavy atom. The lowest BCUT2D eigenvalue weighted by molar-refractivity contribution is 0.0696. The molecule has 1 N–H and O–H groups in total. The van der Waals surface area contributed by atoms with Crippen LogP contribution in [0.25, 0.3) is 11.1 Å². The first-order valence-corrected chi connectivity index (χ1v) is 10.3. The maximum Gasteiger partial charge on any atom is 0.335 e. The Balaban J connectivity index is 1.72. The van der Waals surface area contributed by atoms with Gasteiger partial charge < -0.3 is 9.84 Å². The Kier molecular flexibility index (Phi) is 5.76. The third-order valence-electron chi connectivity index (χ3n) is 5.04. The maximum absolute atomic E-state index is 11.4. The highest BCUT2D eigenvalue weighted by atomic mass is 79.9. The molecule has 0 unspecified atom stereocenters. The zero-order valence-electron chi connectivity index (χ0n) is 15.8. The summed E-state index contributed by atoms with van der Waals surface area (Å²) in [6, 6.07) is 19.3. The zero-order chi connectivity index (χ0) is 20.2. The molecule has 0 spiro atoms. The molecule has 3 aromatic rings. The molecule has 2 aromatic carbocycles. The van der Waals surface area contributed by atoms with E-state index in [0.29, 0.717) is 6.61 Å². The minimum atomic E-state index is -0.942. The first-order chi connectivity index (χ1) is 14.1. The van der Waals surface area contributed by atoms with E-state index in [1.54, 1.807) is 12.3 Å². The number of pyridine rings is 1. The molecular formula is C24H20BrNO3. The van der Waals surface area contributed by atoms with Gasteiger partial charge in [0.25, 0.3) is 0 Å². The predicted octanol–water partition coefficient (Wildman–Crippen LogP) is 6.22. The van der Waals surface area contributed by atoms with E-state index < -0.39 is 5.97 Å². The summed E-state index contributed by atoms with van der Waals surface area (Å²) in [4.78, 5) is 15.8. The van der Waals surface area contributed by atoms with Gasteiger partial charge in [0.1, 0.15) is 12.4 Å². The fourth-order valence-corrected chi connectivity index (χ4v) is 4.01. The fourth-order valence-electron chi connectivity index (χ4n) is 3.65. The van der Waals surface area contributed by atoms with E-state index in [4.69, 9.17) is 4.74 Å². The van der Waals surface area contributed by atoms with Crippen LogP contribution in [0.15, 0.2) is 71.3 Å². The van der Waals surface area contributed by atoms with E-state index in [-0.39, 0.29) is 5.56 Å². The van der Waals surface area contributed by atoms with Crippen LogP contribution in [0, 0.1) is 0 Å². The number of carboxylic acids is 1. The van der Waals surface area contributed by atoms with Crippen molar-refractivity contribution in [3.05, 3.63) is 93.7 Å². The molecule has 5 heteroatoms. The van der Waals surface area contributed by atoms with Gasteiger partial charge in [0, 0.05) is 16.2 Å². The van der Waals surface area contributed by atoms with E-state index in [1.807, 2.05) is 42.5 Å². The van der Waals surface area contributed by atoms with Crippen LogP contribution in [0.2, 0.25) is 0 Å². The number of aromatic carboxylic acids is 1. The van der Waals surface area contributed by atoms with Crippen LogP contribution in [0.4, 0.5) is 0 Å². The van der Waals surface area contributed by atoms with E-state index in [0.717, 1.165) is 51.9 Å². The molecule has 146 valence electrons. The lowest BCUT2D eigenvalue weighted by atomic mass is 9.98. The Labute approximate surface area is 178 Å².